The molecule has 0 bridgehead atoms. The van der Waals surface area contributed by atoms with Crippen LogP contribution >= 0.6 is 0 Å². The maximum absolute atomic E-state index is 12.0. The second kappa shape index (κ2) is 36.3. The third-order valence-electron chi connectivity index (χ3n) is 7.44. The molecule has 0 aromatic carbocycles. The number of carbonyl (C=O) groups is 2. The molecule has 0 rings (SSSR count). The van der Waals surface area contributed by atoms with E-state index in [0.29, 0.717) is 50.3 Å². The fourth-order valence-electron chi connectivity index (χ4n) is 4.55. The van der Waals surface area contributed by atoms with Crippen molar-refractivity contribution in [2.75, 3.05) is 13.1 Å². The van der Waals surface area contributed by atoms with Gasteiger partial charge in [-0.05, 0) is 89.2 Å². The number of amides is 2. The minimum atomic E-state index is 0.00588. The van der Waals surface area contributed by atoms with Crippen LogP contribution in [0.3, 0.4) is 0 Å². The zero-order valence-electron chi connectivity index (χ0n) is 30.4. The lowest BCUT2D eigenvalue weighted by Gasteiger charge is -2.06. The number of allylic oxidation sites excluding steroid dienone is 14. The highest BCUT2D eigenvalue weighted by molar-refractivity contribution is 5.77. The van der Waals surface area contributed by atoms with Gasteiger partial charge >= 0.3 is 0 Å². The summed E-state index contributed by atoms with van der Waals surface area (Å²) in [5.74, 6) is 0.820. The van der Waals surface area contributed by atoms with Crippen LogP contribution in [0.2, 0.25) is 0 Å². The lowest BCUT2D eigenvalue weighted by Crippen LogP contribution is -2.34. The molecule has 270 valence electrons. The molecule has 0 heterocycles. The van der Waals surface area contributed by atoms with Gasteiger partial charge in [0.1, 0.15) is 0 Å². The van der Waals surface area contributed by atoms with Crippen LogP contribution in [0.25, 0.3) is 0 Å². The molecule has 0 radical (unpaired) electrons. The summed E-state index contributed by atoms with van der Waals surface area (Å²) in [4.78, 5) is 24.0. The smallest absolute Gasteiger partial charge is 0.220 e. The lowest BCUT2D eigenvalue weighted by atomic mass is 10.2. The Morgan fingerprint density at radius 1 is 0.458 bits per heavy atom. The molecule has 0 aliphatic heterocycles. The third-order valence-corrected chi connectivity index (χ3v) is 7.44. The molecule has 0 aliphatic rings. The number of carbonyl (C=O) groups excluding carboxylic acids is 2. The van der Waals surface area contributed by atoms with Gasteiger partial charge in [0.25, 0.3) is 0 Å². The van der Waals surface area contributed by atoms with Crippen LogP contribution in [0.5, 0.6) is 0 Å². The van der Waals surface area contributed by atoms with Gasteiger partial charge in [0.15, 0.2) is 0 Å². The maximum Gasteiger partial charge on any atom is 0.220 e. The van der Waals surface area contributed by atoms with E-state index in [1.54, 1.807) is 0 Å². The summed E-state index contributed by atoms with van der Waals surface area (Å²) in [5.41, 5.74) is 0. The first-order chi connectivity index (χ1) is 23.5. The van der Waals surface area contributed by atoms with Crippen molar-refractivity contribution in [3.8, 4) is 0 Å². The van der Waals surface area contributed by atoms with Crippen LogP contribution in [-0.2, 0) is 9.59 Å². The van der Waals surface area contributed by atoms with E-state index in [-0.39, 0.29) is 11.8 Å². The summed E-state index contributed by atoms with van der Waals surface area (Å²) in [6.07, 6.45) is 46.9. The van der Waals surface area contributed by atoms with Crippen molar-refractivity contribution in [3.63, 3.8) is 0 Å². The summed E-state index contributed by atoms with van der Waals surface area (Å²) in [5, 5.41) is 25.6. The number of unbranched alkanes of at least 4 members (excludes halogenated alkanes) is 8. The van der Waals surface area contributed by atoms with E-state index in [9.17, 15) is 19.8 Å². The second-order valence-corrected chi connectivity index (χ2v) is 12.0. The molecule has 0 spiro atoms. The predicted octanol–water partition coefficient (Wildman–Crippen LogP) is 11.3. The van der Waals surface area contributed by atoms with Crippen LogP contribution in [-0.4, -0.2) is 35.1 Å². The number of hydrogen-bond acceptors (Lipinski definition) is 4. The van der Waals surface area contributed by atoms with E-state index in [1.807, 2.05) is 36.5 Å². The molecule has 0 atom stereocenters. The molecule has 0 aromatic heterocycles. The first kappa shape index (κ1) is 44.5. The fraction of sp³-hybridized carbons (Fsp3) is 0.571. The number of nitrogens with one attached hydrogen (secondary N) is 2. The van der Waals surface area contributed by atoms with Gasteiger partial charge in [-0.3, -0.25) is 9.59 Å². The zero-order valence-corrected chi connectivity index (χ0v) is 30.4. The molecule has 2 amide bonds. The Bertz CT molecular complexity index is 948. The highest BCUT2D eigenvalue weighted by Crippen LogP contribution is 2.06. The number of rotatable bonds is 31. The van der Waals surface area contributed by atoms with Crippen molar-refractivity contribution in [1.82, 2.24) is 10.6 Å². The largest absolute Gasteiger partial charge is 0.512 e. The summed E-state index contributed by atoms with van der Waals surface area (Å²) >= 11 is 0. The van der Waals surface area contributed by atoms with Crippen LogP contribution in [0.15, 0.2) is 96.6 Å². The van der Waals surface area contributed by atoms with E-state index >= 15 is 0 Å². The molecule has 0 aliphatic carbocycles. The van der Waals surface area contributed by atoms with Gasteiger partial charge in [0, 0.05) is 38.8 Å². The van der Waals surface area contributed by atoms with E-state index in [4.69, 9.17) is 0 Å². The standard InChI is InChI=1S/C42H68N2O4/c1-3-5-7-9-13-19-25-31-39(45)33-27-21-15-11-17-23-29-35-41(47)43-37-38-44-42(48)36-30-24-18-12-16-22-28-34-40(46)32-26-20-14-10-8-6-4-2/h11-14,17-22,27-28,31-32,45-46H,3-10,15-16,23-26,29-30,33-38H2,1-2H3,(H,43,47)(H,44,48)/b17-11-,18-12-,19-13-,20-14-,27-21-,28-22-,39-31+,40-32+. The third kappa shape index (κ3) is 35.3. The quantitative estimate of drug-likeness (QED) is 0.0337. The average Bonchev–Trinajstić information content (AvgIpc) is 3.07. The van der Waals surface area contributed by atoms with E-state index in [0.717, 1.165) is 64.2 Å². The Kier molecular flexibility index (Phi) is 33.6. The topological polar surface area (TPSA) is 98.7 Å². The minimum Gasteiger partial charge on any atom is -0.512 e. The SMILES string of the molecule is CCCCC/C=C\C/C=C(/O)C/C=C\C/C=C\CCCC(=O)NCCNC(=O)CCC/C=C\C/C=C\C/C(O)=C\C/C=C\CCCCC. The van der Waals surface area contributed by atoms with Gasteiger partial charge < -0.3 is 20.8 Å². The molecule has 6 heteroatoms. The van der Waals surface area contributed by atoms with Crippen LogP contribution in [0.4, 0.5) is 0 Å². The summed E-state index contributed by atoms with van der Waals surface area (Å²) in [6.45, 7) is 5.29. The predicted molar refractivity (Wildman–Crippen MR) is 206 cm³/mol. The number of aliphatic hydroxyl groups is 2. The normalized spacial score (nSPS) is 13.0. The van der Waals surface area contributed by atoms with Gasteiger partial charge in [-0.2, -0.15) is 0 Å². The van der Waals surface area contributed by atoms with Crippen LogP contribution in [0.1, 0.15) is 142 Å². The Labute approximate surface area is 293 Å². The zero-order chi connectivity index (χ0) is 35.2. The summed E-state index contributed by atoms with van der Waals surface area (Å²) in [6, 6.07) is 0. The first-order valence-corrected chi connectivity index (χ1v) is 18.7. The van der Waals surface area contributed by atoms with Crippen molar-refractivity contribution in [2.24, 2.45) is 0 Å². The van der Waals surface area contributed by atoms with Crippen molar-refractivity contribution in [2.45, 2.75) is 142 Å². The molecule has 0 unspecified atom stereocenters. The van der Waals surface area contributed by atoms with E-state index < -0.39 is 0 Å². The molecule has 0 saturated carbocycles. The maximum atomic E-state index is 12.0. The van der Waals surface area contributed by atoms with Gasteiger partial charge in [-0.1, -0.05) is 112 Å². The van der Waals surface area contributed by atoms with Crippen molar-refractivity contribution < 1.29 is 19.8 Å². The molecule has 0 aromatic rings. The lowest BCUT2D eigenvalue weighted by molar-refractivity contribution is -0.123. The Morgan fingerprint density at radius 2 is 0.812 bits per heavy atom. The minimum absolute atomic E-state index is 0.00588. The van der Waals surface area contributed by atoms with Crippen LogP contribution < -0.4 is 10.6 Å². The molecule has 6 nitrogen and oxygen atoms in total. The van der Waals surface area contributed by atoms with E-state index in [2.05, 4.69) is 73.1 Å². The fourth-order valence-corrected chi connectivity index (χ4v) is 4.55. The van der Waals surface area contributed by atoms with Gasteiger partial charge in [-0.15, -0.1) is 0 Å². The summed E-state index contributed by atoms with van der Waals surface area (Å²) < 4.78 is 0. The Balaban J connectivity index is 3.71. The number of hydrogen-bond donors (Lipinski definition) is 4. The van der Waals surface area contributed by atoms with E-state index in [1.165, 1.54) is 38.5 Å². The average molecular weight is 665 g/mol. The van der Waals surface area contributed by atoms with Gasteiger partial charge in [0.2, 0.25) is 11.8 Å². The number of aliphatic hydroxyl groups excluding tert-OH is 2. The van der Waals surface area contributed by atoms with Crippen molar-refractivity contribution in [1.29, 1.82) is 0 Å². The Morgan fingerprint density at radius 3 is 1.21 bits per heavy atom. The highest BCUT2D eigenvalue weighted by Gasteiger charge is 2.02. The Hall–Kier alpha value is -3.54. The van der Waals surface area contributed by atoms with Gasteiger partial charge in [0.05, 0.1) is 11.5 Å². The molecule has 0 fully saturated rings. The molecule has 4 N–H and O–H groups in total. The molecule has 48 heavy (non-hydrogen) atoms. The monoisotopic (exact) mass is 665 g/mol. The van der Waals surface area contributed by atoms with Crippen molar-refractivity contribution in [3.05, 3.63) is 96.6 Å². The first-order valence-electron chi connectivity index (χ1n) is 18.7. The molecule has 0 saturated heterocycles. The van der Waals surface area contributed by atoms with Crippen LogP contribution in [0, 0.1) is 0 Å². The molecular weight excluding hydrogens is 596 g/mol. The van der Waals surface area contributed by atoms with Crippen molar-refractivity contribution >= 4 is 11.8 Å². The highest BCUT2D eigenvalue weighted by atomic mass is 16.3. The summed E-state index contributed by atoms with van der Waals surface area (Å²) in [7, 11) is 0. The van der Waals surface area contributed by atoms with Gasteiger partial charge in [-0.25, -0.2) is 0 Å². The second-order valence-electron chi connectivity index (χ2n) is 12.0. The molecular formula is C42H68N2O4.